The molecule has 0 saturated carbocycles. The fourth-order valence-corrected chi connectivity index (χ4v) is 4.93. The van der Waals surface area contributed by atoms with Gasteiger partial charge in [0.15, 0.2) is 0 Å². The molecule has 0 heterocycles. The Bertz CT molecular complexity index is 436. The van der Waals surface area contributed by atoms with E-state index in [0.29, 0.717) is 12.8 Å². The Kier molecular flexibility index (Phi) is 19.7. The molecule has 2 atom stereocenters. The largest absolute Gasteiger partial charge is 0.393 e. The van der Waals surface area contributed by atoms with Crippen LogP contribution in [0.25, 0.3) is 0 Å². The summed E-state index contributed by atoms with van der Waals surface area (Å²) in [5.41, 5.74) is 0. The van der Waals surface area contributed by atoms with Crippen molar-refractivity contribution >= 4 is 10.1 Å². The second kappa shape index (κ2) is 19.8. The molecule has 29 heavy (non-hydrogen) atoms. The summed E-state index contributed by atoms with van der Waals surface area (Å²) in [5.74, 6) is 0. The molecule has 176 valence electrons. The van der Waals surface area contributed by atoms with Crippen molar-refractivity contribution in [2.75, 3.05) is 0 Å². The van der Waals surface area contributed by atoms with Gasteiger partial charge in [0.1, 0.15) is 0 Å². The van der Waals surface area contributed by atoms with E-state index in [4.69, 9.17) is 0 Å². The maximum atomic E-state index is 11.6. The third-order valence-corrected chi connectivity index (χ3v) is 7.32. The van der Waals surface area contributed by atoms with Crippen LogP contribution >= 0.6 is 0 Å². The normalized spacial score (nSPS) is 14.2. The Morgan fingerprint density at radius 3 is 1.21 bits per heavy atom. The number of hydrogen-bond donors (Lipinski definition) is 2. The highest BCUT2D eigenvalue weighted by molar-refractivity contribution is 7.86. The van der Waals surface area contributed by atoms with Gasteiger partial charge in [-0.15, -0.1) is 0 Å². The Balaban J connectivity index is 3.67. The van der Waals surface area contributed by atoms with Crippen LogP contribution in [0.3, 0.4) is 0 Å². The maximum Gasteiger partial charge on any atom is 0.267 e. The topological polar surface area (TPSA) is 74.6 Å². The van der Waals surface area contributed by atoms with Crippen LogP contribution in [0.2, 0.25) is 0 Å². The van der Waals surface area contributed by atoms with E-state index in [1.165, 1.54) is 51.4 Å². The lowest BCUT2D eigenvalue weighted by atomic mass is 10.0. The van der Waals surface area contributed by atoms with Crippen LogP contribution in [0.4, 0.5) is 0 Å². The van der Waals surface area contributed by atoms with Crippen molar-refractivity contribution in [3.63, 3.8) is 0 Å². The van der Waals surface area contributed by atoms with Crippen molar-refractivity contribution in [3.8, 4) is 0 Å². The number of aliphatic hydroxyl groups excluding tert-OH is 1. The quantitative estimate of drug-likeness (QED) is 0.137. The highest BCUT2D eigenvalue weighted by atomic mass is 32.2. The van der Waals surface area contributed by atoms with Crippen LogP contribution in [-0.2, 0) is 10.1 Å². The Hall–Kier alpha value is -0.130. The van der Waals surface area contributed by atoms with Gasteiger partial charge in [-0.1, -0.05) is 117 Å². The van der Waals surface area contributed by atoms with Crippen LogP contribution in [0.5, 0.6) is 0 Å². The summed E-state index contributed by atoms with van der Waals surface area (Å²) in [7, 11) is -3.92. The minimum Gasteiger partial charge on any atom is -0.393 e. The standard InChI is InChI=1S/C24H50O4S/c1-3-5-7-9-10-12-15-19-23(25)20-16-13-14-18-22-24(29(26,27)28)21-17-11-8-6-4-2/h23-25H,3-22H2,1-2H3,(H,26,27,28). The molecule has 0 spiro atoms. The Labute approximate surface area is 182 Å². The van der Waals surface area contributed by atoms with Crippen LogP contribution in [0.15, 0.2) is 0 Å². The molecule has 0 bridgehead atoms. The van der Waals surface area contributed by atoms with E-state index in [9.17, 15) is 18.1 Å². The van der Waals surface area contributed by atoms with Crippen LogP contribution in [-0.4, -0.2) is 29.4 Å². The van der Waals surface area contributed by atoms with Crippen molar-refractivity contribution in [2.45, 2.75) is 154 Å². The molecule has 0 aliphatic rings. The van der Waals surface area contributed by atoms with E-state index in [1.807, 2.05) is 0 Å². The minimum absolute atomic E-state index is 0.181. The Morgan fingerprint density at radius 1 is 0.552 bits per heavy atom. The molecular formula is C24H50O4S. The molecule has 0 aliphatic carbocycles. The molecule has 2 unspecified atom stereocenters. The van der Waals surface area contributed by atoms with Gasteiger partial charge in [0.05, 0.1) is 11.4 Å². The van der Waals surface area contributed by atoms with Gasteiger partial charge in [-0.25, -0.2) is 0 Å². The molecule has 0 amide bonds. The van der Waals surface area contributed by atoms with Crippen molar-refractivity contribution in [2.24, 2.45) is 0 Å². The highest BCUT2D eigenvalue weighted by Gasteiger charge is 2.21. The lowest BCUT2D eigenvalue weighted by Gasteiger charge is -2.14. The molecule has 0 aromatic rings. The first-order valence-electron chi connectivity index (χ1n) is 12.6. The van der Waals surface area contributed by atoms with E-state index < -0.39 is 15.4 Å². The summed E-state index contributed by atoms with van der Waals surface area (Å²) < 4.78 is 32.6. The first-order valence-corrected chi connectivity index (χ1v) is 14.1. The molecule has 5 heteroatoms. The van der Waals surface area contributed by atoms with Gasteiger partial charge in [0.2, 0.25) is 0 Å². The summed E-state index contributed by atoms with van der Waals surface area (Å²) >= 11 is 0. The fraction of sp³-hybridized carbons (Fsp3) is 1.00. The molecular weight excluding hydrogens is 384 g/mol. The molecule has 4 nitrogen and oxygen atoms in total. The first-order chi connectivity index (χ1) is 13.9. The number of hydrogen-bond acceptors (Lipinski definition) is 3. The zero-order chi connectivity index (χ0) is 21.8. The van der Waals surface area contributed by atoms with Crippen LogP contribution in [0.1, 0.15) is 142 Å². The van der Waals surface area contributed by atoms with Crippen LogP contribution < -0.4 is 0 Å². The SMILES string of the molecule is CCCCCCCCCC(O)CCCCCCC(CCCCCCC)S(=O)(=O)O. The second-order valence-corrected chi connectivity index (χ2v) is 10.6. The van der Waals surface area contributed by atoms with Crippen LogP contribution in [0, 0.1) is 0 Å². The van der Waals surface area contributed by atoms with E-state index in [-0.39, 0.29) is 6.10 Å². The van der Waals surface area contributed by atoms with Crippen molar-refractivity contribution in [3.05, 3.63) is 0 Å². The summed E-state index contributed by atoms with van der Waals surface area (Å²) in [6.45, 7) is 4.40. The summed E-state index contributed by atoms with van der Waals surface area (Å²) in [4.78, 5) is 0. The average molecular weight is 435 g/mol. The third-order valence-electron chi connectivity index (χ3n) is 6.01. The molecule has 0 aromatic heterocycles. The van der Waals surface area contributed by atoms with Gasteiger partial charge in [0, 0.05) is 0 Å². The molecule has 0 aromatic carbocycles. The van der Waals surface area contributed by atoms with Crippen molar-refractivity contribution in [1.29, 1.82) is 0 Å². The highest BCUT2D eigenvalue weighted by Crippen LogP contribution is 2.19. The molecule has 0 radical (unpaired) electrons. The van der Waals surface area contributed by atoms with Crippen molar-refractivity contribution < 1.29 is 18.1 Å². The second-order valence-electron chi connectivity index (χ2n) is 8.90. The maximum absolute atomic E-state index is 11.6. The molecule has 0 fully saturated rings. The van der Waals surface area contributed by atoms with Gasteiger partial charge in [-0.2, -0.15) is 8.42 Å². The molecule has 0 aliphatic heterocycles. The van der Waals surface area contributed by atoms with Gasteiger partial charge < -0.3 is 5.11 Å². The van der Waals surface area contributed by atoms with E-state index in [2.05, 4.69) is 13.8 Å². The van der Waals surface area contributed by atoms with Gasteiger partial charge in [0.25, 0.3) is 10.1 Å². The summed E-state index contributed by atoms with van der Waals surface area (Å²) in [6.07, 6.45) is 21.0. The van der Waals surface area contributed by atoms with E-state index in [0.717, 1.165) is 64.2 Å². The molecule has 0 saturated heterocycles. The smallest absolute Gasteiger partial charge is 0.267 e. The minimum atomic E-state index is -3.92. The average Bonchev–Trinajstić information content (AvgIpc) is 2.67. The van der Waals surface area contributed by atoms with Gasteiger partial charge in [-0.3, -0.25) is 4.55 Å². The predicted octanol–water partition coefficient (Wildman–Crippen LogP) is 7.45. The summed E-state index contributed by atoms with van der Waals surface area (Å²) in [6, 6.07) is 0. The molecule has 0 rings (SSSR count). The lowest BCUT2D eigenvalue weighted by molar-refractivity contribution is 0.147. The predicted molar refractivity (Wildman–Crippen MR) is 125 cm³/mol. The van der Waals surface area contributed by atoms with Gasteiger partial charge in [-0.05, 0) is 25.7 Å². The lowest BCUT2D eigenvalue weighted by Crippen LogP contribution is -2.20. The number of unbranched alkanes of at least 4 members (excludes halogenated alkanes) is 13. The van der Waals surface area contributed by atoms with Crippen molar-refractivity contribution in [1.82, 2.24) is 0 Å². The Morgan fingerprint density at radius 2 is 0.862 bits per heavy atom. The monoisotopic (exact) mass is 434 g/mol. The first kappa shape index (κ1) is 28.9. The summed E-state index contributed by atoms with van der Waals surface area (Å²) in [5, 5.41) is 9.50. The zero-order valence-electron chi connectivity index (χ0n) is 19.4. The van der Waals surface area contributed by atoms with E-state index in [1.54, 1.807) is 0 Å². The van der Waals surface area contributed by atoms with E-state index >= 15 is 0 Å². The number of rotatable bonds is 22. The zero-order valence-corrected chi connectivity index (χ0v) is 20.2. The number of aliphatic hydroxyl groups is 1. The fourth-order valence-electron chi connectivity index (χ4n) is 4.00. The third kappa shape index (κ3) is 19.6. The molecule has 2 N–H and O–H groups in total. The van der Waals surface area contributed by atoms with Gasteiger partial charge >= 0.3 is 0 Å².